The van der Waals surface area contributed by atoms with E-state index < -0.39 is 0 Å². The average molecular weight is 404 g/mol. The molecule has 8 heteroatoms. The van der Waals surface area contributed by atoms with Crippen molar-refractivity contribution in [1.29, 1.82) is 0 Å². The molecule has 1 aliphatic rings. The summed E-state index contributed by atoms with van der Waals surface area (Å²) in [7, 11) is 3.97. The lowest BCUT2D eigenvalue weighted by Crippen LogP contribution is -2.37. The molecule has 0 saturated heterocycles. The number of nitrogens with zero attached hydrogens (tertiary/aromatic N) is 4. The van der Waals surface area contributed by atoms with E-state index in [-0.39, 0.29) is 17.6 Å². The SMILES string of the molecule is Cc1ccccc1SCC(=O)NC1CCc2nn(CCN(C)C)c(=O)n2CC1. The topological polar surface area (TPSA) is 72.2 Å². The molecule has 1 amide bonds. The number of hydrogen-bond acceptors (Lipinski definition) is 5. The molecule has 0 aliphatic carbocycles. The Balaban J connectivity index is 1.52. The summed E-state index contributed by atoms with van der Waals surface area (Å²) in [6.07, 6.45) is 2.28. The van der Waals surface area contributed by atoms with Gasteiger partial charge in [0.2, 0.25) is 5.91 Å². The fourth-order valence-corrected chi connectivity index (χ4v) is 4.18. The number of likely N-dealkylation sites (N-methyl/N-ethyl adjacent to an activating group) is 1. The van der Waals surface area contributed by atoms with Gasteiger partial charge in [-0.2, -0.15) is 5.10 Å². The van der Waals surface area contributed by atoms with Crippen LogP contribution in [0.25, 0.3) is 0 Å². The maximum Gasteiger partial charge on any atom is 0.345 e. The Morgan fingerprint density at radius 2 is 2.11 bits per heavy atom. The van der Waals surface area contributed by atoms with Gasteiger partial charge in [0.1, 0.15) is 5.82 Å². The van der Waals surface area contributed by atoms with Crippen molar-refractivity contribution >= 4 is 17.7 Å². The fraction of sp³-hybridized carbons (Fsp3) is 0.550. The Hall–Kier alpha value is -2.06. The number of amides is 1. The highest BCUT2D eigenvalue weighted by Gasteiger charge is 2.22. The number of aryl methyl sites for hydroxylation is 2. The van der Waals surface area contributed by atoms with E-state index in [2.05, 4.69) is 23.4 Å². The summed E-state index contributed by atoms with van der Waals surface area (Å²) >= 11 is 1.56. The zero-order valence-electron chi connectivity index (χ0n) is 16.9. The summed E-state index contributed by atoms with van der Waals surface area (Å²) < 4.78 is 3.33. The van der Waals surface area contributed by atoms with Crippen molar-refractivity contribution in [3.8, 4) is 0 Å². The summed E-state index contributed by atoms with van der Waals surface area (Å²) in [5, 5.41) is 7.64. The van der Waals surface area contributed by atoms with Crippen LogP contribution in [0.1, 0.15) is 24.2 Å². The van der Waals surface area contributed by atoms with E-state index in [1.54, 1.807) is 21.0 Å². The van der Waals surface area contributed by atoms with Gasteiger partial charge >= 0.3 is 5.69 Å². The van der Waals surface area contributed by atoms with Crippen LogP contribution in [0.5, 0.6) is 0 Å². The molecule has 1 unspecified atom stereocenters. The number of carbonyl (C=O) groups is 1. The number of aromatic nitrogens is 3. The first-order valence-electron chi connectivity index (χ1n) is 9.73. The predicted octanol–water partition coefficient (Wildman–Crippen LogP) is 1.53. The van der Waals surface area contributed by atoms with Crippen molar-refractivity contribution in [2.24, 2.45) is 0 Å². The quantitative estimate of drug-likeness (QED) is 0.710. The second-order valence-electron chi connectivity index (χ2n) is 7.52. The molecule has 7 nitrogen and oxygen atoms in total. The highest BCUT2D eigenvalue weighted by atomic mass is 32.2. The lowest BCUT2D eigenvalue weighted by Gasteiger charge is -2.16. The molecule has 0 saturated carbocycles. The Labute approximate surface area is 170 Å². The molecule has 1 N–H and O–H groups in total. The first kappa shape index (κ1) is 20.7. The predicted molar refractivity (Wildman–Crippen MR) is 112 cm³/mol. The molecule has 3 rings (SSSR count). The number of rotatable bonds is 7. The Bertz CT molecular complexity index is 874. The summed E-state index contributed by atoms with van der Waals surface area (Å²) in [5.41, 5.74) is 1.14. The summed E-state index contributed by atoms with van der Waals surface area (Å²) in [6.45, 7) is 4.04. The van der Waals surface area contributed by atoms with Crippen LogP contribution in [0, 0.1) is 6.92 Å². The minimum Gasteiger partial charge on any atom is -0.353 e. The second-order valence-corrected chi connectivity index (χ2v) is 8.54. The molecular formula is C20H29N5O2S. The van der Waals surface area contributed by atoms with E-state index in [9.17, 15) is 9.59 Å². The van der Waals surface area contributed by atoms with Crippen molar-refractivity contribution in [2.75, 3.05) is 26.4 Å². The Kier molecular flexibility index (Phi) is 6.96. The number of nitrogens with one attached hydrogen (secondary N) is 1. The van der Waals surface area contributed by atoms with E-state index in [1.807, 2.05) is 37.2 Å². The van der Waals surface area contributed by atoms with Gasteiger partial charge in [-0.3, -0.25) is 9.36 Å². The van der Waals surface area contributed by atoms with Gasteiger partial charge in [-0.15, -0.1) is 11.8 Å². The largest absolute Gasteiger partial charge is 0.353 e. The van der Waals surface area contributed by atoms with E-state index in [0.29, 0.717) is 25.3 Å². The normalized spacial score (nSPS) is 16.6. The molecule has 1 aromatic heterocycles. The highest BCUT2D eigenvalue weighted by molar-refractivity contribution is 8.00. The molecule has 0 fully saturated rings. The number of benzene rings is 1. The minimum atomic E-state index is -0.0427. The van der Waals surface area contributed by atoms with Crippen LogP contribution in [0.15, 0.2) is 34.0 Å². The number of hydrogen-bond donors (Lipinski definition) is 1. The van der Waals surface area contributed by atoms with Crippen LogP contribution in [0.4, 0.5) is 0 Å². The smallest absolute Gasteiger partial charge is 0.345 e. The third kappa shape index (κ3) is 5.26. The van der Waals surface area contributed by atoms with Gasteiger partial charge in [-0.05, 0) is 45.5 Å². The van der Waals surface area contributed by atoms with Crippen LogP contribution in [0.2, 0.25) is 0 Å². The van der Waals surface area contributed by atoms with Crippen molar-refractivity contribution < 1.29 is 4.79 Å². The maximum atomic E-state index is 12.6. The molecule has 0 bridgehead atoms. The van der Waals surface area contributed by atoms with Gasteiger partial charge in [-0.1, -0.05) is 18.2 Å². The first-order valence-corrected chi connectivity index (χ1v) is 10.7. The monoisotopic (exact) mass is 403 g/mol. The Morgan fingerprint density at radius 1 is 1.32 bits per heavy atom. The minimum absolute atomic E-state index is 0.0427. The third-order valence-corrected chi connectivity index (χ3v) is 6.17. The van der Waals surface area contributed by atoms with Crippen molar-refractivity contribution in [2.45, 2.75) is 50.2 Å². The molecule has 152 valence electrons. The summed E-state index contributed by atoms with van der Waals surface area (Å²) in [6, 6.07) is 8.17. The van der Waals surface area contributed by atoms with Gasteiger partial charge in [0.25, 0.3) is 0 Å². The molecule has 1 atom stereocenters. The zero-order chi connectivity index (χ0) is 20.1. The van der Waals surface area contributed by atoms with Crippen LogP contribution >= 0.6 is 11.8 Å². The van der Waals surface area contributed by atoms with Crippen molar-refractivity contribution in [3.05, 3.63) is 46.1 Å². The molecule has 28 heavy (non-hydrogen) atoms. The van der Waals surface area contributed by atoms with Crippen molar-refractivity contribution in [3.63, 3.8) is 0 Å². The molecule has 0 radical (unpaired) electrons. The summed E-state index contributed by atoms with van der Waals surface area (Å²) in [5.74, 6) is 1.28. The number of carbonyl (C=O) groups excluding carboxylic acids is 1. The van der Waals surface area contributed by atoms with Crippen LogP contribution in [-0.4, -0.2) is 57.6 Å². The Morgan fingerprint density at radius 3 is 2.86 bits per heavy atom. The lowest BCUT2D eigenvalue weighted by atomic mass is 10.1. The van der Waals surface area contributed by atoms with Crippen LogP contribution < -0.4 is 11.0 Å². The zero-order valence-corrected chi connectivity index (χ0v) is 17.7. The van der Waals surface area contributed by atoms with Gasteiger partial charge < -0.3 is 10.2 Å². The van der Waals surface area contributed by atoms with Gasteiger partial charge in [0, 0.05) is 30.4 Å². The average Bonchev–Trinajstić information content (AvgIpc) is 2.82. The highest BCUT2D eigenvalue weighted by Crippen LogP contribution is 2.21. The molecular weight excluding hydrogens is 374 g/mol. The van der Waals surface area contributed by atoms with Crippen LogP contribution in [-0.2, 0) is 24.3 Å². The van der Waals surface area contributed by atoms with Gasteiger partial charge in [0.15, 0.2) is 0 Å². The summed E-state index contributed by atoms with van der Waals surface area (Å²) in [4.78, 5) is 28.1. The second kappa shape index (κ2) is 9.43. The van der Waals surface area contributed by atoms with E-state index in [1.165, 1.54) is 5.56 Å². The molecule has 1 aliphatic heterocycles. The number of thioether (sulfide) groups is 1. The van der Waals surface area contributed by atoms with E-state index in [0.717, 1.165) is 30.1 Å². The standard InChI is InChI=1S/C20H29N5O2S/c1-15-6-4-5-7-17(15)28-14-19(26)21-16-8-9-18-22-25(13-12-23(2)3)20(27)24(18)11-10-16/h4-7,16H,8-14H2,1-3H3,(H,21,26). The van der Waals surface area contributed by atoms with E-state index in [4.69, 9.17) is 0 Å². The van der Waals surface area contributed by atoms with Crippen LogP contribution in [0.3, 0.4) is 0 Å². The molecule has 1 aromatic carbocycles. The molecule has 2 heterocycles. The third-order valence-electron chi connectivity index (χ3n) is 4.99. The van der Waals surface area contributed by atoms with Gasteiger partial charge in [0.05, 0.1) is 12.3 Å². The van der Waals surface area contributed by atoms with E-state index >= 15 is 0 Å². The fourth-order valence-electron chi connectivity index (χ4n) is 3.34. The molecule has 0 spiro atoms. The van der Waals surface area contributed by atoms with Gasteiger partial charge in [-0.25, -0.2) is 9.48 Å². The first-order chi connectivity index (χ1) is 13.4. The lowest BCUT2D eigenvalue weighted by molar-refractivity contribution is -0.119. The van der Waals surface area contributed by atoms with Crippen molar-refractivity contribution in [1.82, 2.24) is 24.6 Å². The maximum absolute atomic E-state index is 12.6. The number of fused-ring (bicyclic) bond motifs is 1. The molecule has 2 aromatic rings.